The summed E-state index contributed by atoms with van der Waals surface area (Å²) in [6, 6.07) is 4.50. The van der Waals surface area contributed by atoms with E-state index in [0.29, 0.717) is 60.1 Å². The molecule has 1 aromatic carbocycles. The number of benzene rings is 1. The summed E-state index contributed by atoms with van der Waals surface area (Å²) >= 11 is 0. The molecule has 6 rings (SSSR count). The number of hydroxylamine groups is 2. The maximum atomic E-state index is 13.5. The lowest BCUT2D eigenvalue weighted by molar-refractivity contribution is -0.197. The summed E-state index contributed by atoms with van der Waals surface area (Å²) in [4.78, 5) is 73.2. The molecule has 2 fully saturated rings. The van der Waals surface area contributed by atoms with Crippen LogP contribution in [0.4, 0.5) is 4.39 Å². The van der Waals surface area contributed by atoms with Gasteiger partial charge in [-0.2, -0.15) is 0 Å². The molecule has 0 bridgehead atoms. The Hall–Kier alpha value is -4.46. The van der Waals surface area contributed by atoms with Gasteiger partial charge in [0.2, 0.25) is 0 Å². The molecule has 2 amide bonds. The van der Waals surface area contributed by atoms with E-state index in [1.54, 1.807) is 17.6 Å². The highest BCUT2D eigenvalue weighted by atomic mass is 19.1. The number of esters is 1. The SMILES string of the molecule is Cc1nc2n(c(=O)c1CCN1CCC(c3noc4cc(F)ccc34)CC1)CCCC2OC(=O)CCCC(=O)ON1C(=O)CCC1=O. The molecule has 3 aliphatic heterocycles. The molecule has 0 N–H and O–H groups in total. The zero-order valence-corrected chi connectivity index (χ0v) is 25.7. The van der Waals surface area contributed by atoms with Gasteiger partial charge in [-0.25, -0.2) is 14.2 Å². The molecule has 1 atom stereocenters. The van der Waals surface area contributed by atoms with Gasteiger partial charge in [0, 0.05) is 67.4 Å². The van der Waals surface area contributed by atoms with E-state index in [2.05, 4.69) is 10.1 Å². The van der Waals surface area contributed by atoms with Gasteiger partial charge in [-0.05, 0) is 70.7 Å². The zero-order valence-electron chi connectivity index (χ0n) is 25.7. The molecule has 0 saturated carbocycles. The van der Waals surface area contributed by atoms with Gasteiger partial charge in [-0.15, -0.1) is 5.06 Å². The van der Waals surface area contributed by atoms with Crippen LogP contribution in [0.5, 0.6) is 0 Å². The third-order valence-corrected chi connectivity index (χ3v) is 8.98. The van der Waals surface area contributed by atoms with Crippen LogP contribution in [0.15, 0.2) is 27.5 Å². The number of carbonyl (C=O) groups is 4. The van der Waals surface area contributed by atoms with Crippen molar-refractivity contribution < 1.29 is 37.7 Å². The maximum Gasteiger partial charge on any atom is 0.333 e. The molecular weight excluding hydrogens is 601 g/mol. The predicted octanol–water partition coefficient (Wildman–Crippen LogP) is 3.41. The van der Waals surface area contributed by atoms with Crippen molar-refractivity contribution in [2.75, 3.05) is 19.6 Å². The highest BCUT2D eigenvalue weighted by Crippen LogP contribution is 2.33. The first-order chi connectivity index (χ1) is 22.2. The number of fused-ring (bicyclic) bond motifs is 2. The van der Waals surface area contributed by atoms with Crippen LogP contribution in [0, 0.1) is 12.7 Å². The van der Waals surface area contributed by atoms with E-state index >= 15 is 0 Å². The number of nitrogens with zero attached hydrogens (tertiary/aromatic N) is 5. The molecule has 0 radical (unpaired) electrons. The van der Waals surface area contributed by atoms with Crippen LogP contribution in [-0.4, -0.2) is 68.1 Å². The van der Waals surface area contributed by atoms with Gasteiger partial charge >= 0.3 is 11.9 Å². The number of likely N-dealkylation sites (tertiary alicyclic amines) is 1. The van der Waals surface area contributed by atoms with E-state index in [0.717, 1.165) is 37.0 Å². The first-order valence-electron chi connectivity index (χ1n) is 15.8. The fraction of sp³-hybridized carbons (Fsp3) is 0.531. The second-order valence-electron chi connectivity index (χ2n) is 12.1. The van der Waals surface area contributed by atoms with Crippen LogP contribution in [0.3, 0.4) is 0 Å². The van der Waals surface area contributed by atoms with Crippen LogP contribution in [0.1, 0.15) is 92.6 Å². The van der Waals surface area contributed by atoms with Crippen LogP contribution in [0.25, 0.3) is 11.0 Å². The number of hydrogen-bond acceptors (Lipinski definition) is 11. The minimum absolute atomic E-state index is 0.00712. The van der Waals surface area contributed by atoms with Crippen LogP contribution >= 0.6 is 0 Å². The van der Waals surface area contributed by atoms with Crippen molar-refractivity contribution >= 4 is 34.7 Å². The normalized spacial score (nSPS) is 19.1. The van der Waals surface area contributed by atoms with E-state index in [1.165, 1.54) is 12.1 Å². The van der Waals surface area contributed by atoms with E-state index in [1.807, 2.05) is 0 Å². The third kappa shape index (κ3) is 6.71. The van der Waals surface area contributed by atoms with Gasteiger partial charge < -0.3 is 19.0 Å². The zero-order chi connectivity index (χ0) is 32.4. The number of ether oxygens (including phenoxy) is 1. The predicted molar refractivity (Wildman–Crippen MR) is 158 cm³/mol. The Balaban J connectivity index is 1.000. The second kappa shape index (κ2) is 13.5. The highest BCUT2D eigenvalue weighted by molar-refractivity contribution is 6.01. The topological polar surface area (TPSA) is 154 Å². The van der Waals surface area contributed by atoms with Crippen molar-refractivity contribution in [3.63, 3.8) is 0 Å². The summed E-state index contributed by atoms with van der Waals surface area (Å²) in [5, 5.41) is 5.56. The second-order valence-corrected chi connectivity index (χ2v) is 12.1. The average molecular weight is 638 g/mol. The Morgan fingerprint density at radius 1 is 1.02 bits per heavy atom. The molecule has 0 spiro atoms. The van der Waals surface area contributed by atoms with E-state index in [4.69, 9.17) is 19.1 Å². The van der Waals surface area contributed by atoms with Gasteiger partial charge in [0.1, 0.15) is 5.82 Å². The lowest BCUT2D eigenvalue weighted by Gasteiger charge is -2.31. The number of aromatic nitrogens is 3. The minimum Gasteiger partial charge on any atom is -0.454 e. The number of hydrogen-bond donors (Lipinski definition) is 0. The van der Waals surface area contributed by atoms with Crippen LogP contribution < -0.4 is 5.56 Å². The number of halogens is 1. The molecule has 13 nitrogen and oxygen atoms in total. The van der Waals surface area contributed by atoms with Crippen molar-refractivity contribution in [3.8, 4) is 0 Å². The molecule has 1 unspecified atom stereocenters. The molecule has 244 valence electrons. The Morgan fingerprint density at radius 2 is 1.76 bits per heavy atom. The van der Waals surface area contributed by atoms with Crippen LogP contribution in [0.2, 0.25) is 0 Å². The number of imide groups is 1. The van der Waals surface area contributed by atoms with Crippen molar-refractivity contribution in [1.82, 2.24) is 24.7 Å². The Labute approximate surface area is 263 Å². The number of amides is 2. The smallest absolute Gasteiger partial charge is 0.333 e. The fourth-order valence-electron chi connectivity index (χ4n) is 6.47. The van der Waals surface area contributed by atoms with Crippen molar-refractivity contribution in [2.24, 2.45) is 0 Å². The Bertz CT molecular complexity index is 1710. The van der Waals surface area contributed by atoms with Gasteiger partial charge in [0.15, 0.2) is 17.5 Å². The number of aryl methyl sites for hydroxylation is 1. The lowest BCUT2D eigenvalue weighted by Crippen LogP contribution is -2.38. The molecule has 0 aliphatic carbocycles. The molecule has 14 heteroatoms. The maximum absolute atomic E-state index is 13.5. The van der Waals surface area contributed by atoms with Crippen LogP contribution in [-0.2, 0) is 41.7 Å². The van der Waals surface area contributed by atoms with Gasteiger partial charge in [0.05, 0.1) is 5.69 Å². The molecule has 3 aliphatic rings. The summed E-state index contributed by atoms with van der Waals surface area (Å²) < 4.78 is 26.2. The number of carbonyl (C=O) groups excluding carboxylic acids is 4. The van der Waals surface area contributed by atoms with Crippen molar-refractivity contribution in [3.05, 3.63) is 57.1 Å². The van der Waals surface area contributed by atoms with E-state index in [-0.39, 0.29) is 49.4 Å². The summed E-state index contributed by atoms with van der Waals surface area (Å²) in [7, 11) is 0. The molecule has 3 aromatic rings. The van der Waals surface area contributed by atoms with Crippen molar-refractivity contribution in [2.45, 2.75) is 89.7 Å². The summed E-state index contributed by atoms with van der Waals surface area (Å²) in [5.41, 5.74) is 2.47. The fourth-order valence-corrected chi connectivity index (χ4v) is 6.47. The Kier molecular flexibility index (Phi) is 9.24. The highest BCUT2D eigenvalue weighted by Gasteiger charge is 2.33. The van der Waals surface area contributed by atoms with Gasteiger partial charge in [0.25, 0.3) is 17.4 Å². The number of rotatable bonds is 10. The Morgan fingerprint density at radius 3 is 2.52 bits per heavy atom. The minimum atomic E-state index is -0.776. The largest absolute Gasteiger partial charge is 0.454 e. The summed E-state index contributed by atoms with van der Waals surface area (Å²) in [5.74, 6) is -2.14. The lowest BCUT2D eigenvalue weighted by atomic mass is 9.91. The quantitative estimate of drug-likeness (QED) is 0.237. The monoisotopic (exact) mass is 637 g/mol. The number of piperidine rings is 1. The molecule has 5 heterocycles. The first-order valence-corrected chi connectivity index (χ1v) is 15.8. The van der Waals surface area contributed by atoms with Gasteiger partial charge in [-0.1, -0.05) is 5.16 Å². The van der Waals surface area contributed by atoms with E-state index in [9.17, 15) is 28.4 Å². The standard InChI is InChI=1S/C32H36FN5O8/c1-19-22(13-17-36-15-11-20(12-16-36)30-23-8-7-21(33)18-25(23)45-35-30)32(43)37-14-3-4-24(31(37)34-19)44-28(41)5-2-6-29(42)46-38-26(39)9-10-27(38)40/h7-8,18,20,24H,2-6,9-17H2,1H3. The average Bonchev–Trinajstić information content (AvgIpc) is 3.59. The summed E-state index contributed by atoms with van der Waals surface area (Å²) in [6.45, 7) is 4.67. The third-order valence-electron chi connectivity index (χ3n) is 8.98. The molecular formula is C32H36FN5O8. The summed E-state index contributed by atoms with van der Waals surface area (Å²) in [6.07, 6.45) is 2.71. The molecule has 2 aromatic heterocycles. The molecule has 46 heavy (non-hydrogen) atoms. The van der Waals surface area contributed by atoms with Gasteiger partial charge in [-0.3, -0.25) is 23.7 Å². The van der Waals surface area contributed by atoms with Crippen molar-refractivity contribution in [1.29, 1.82) is 0 Å². The molecule has 2 saturated heterocycles. The van der Waals surface area contributed by atoms with E-state index < -0.39 is 29.9 Å². The first kappa shape index (κ1) is 31.5.